The van der Waals surface area contributed by atoms with E-state index in [1.54, 1.807) is 0 Å². The highest BCUT2D eigenvalue weighted by molar-refractivity contribution is 7.94. The van der Waals surface area contributed by atoms with Crippen molar-refractivity contribution >= 4 is 31.4 Å². The van der Waals surface area contributed by atoms with Crippen LogP contribution in [0.25, 0.3) is 0 Å². The first-order valence-corrected chi connectivity index (χ1v) is 21.1. The molecule has 0 spiro atoms. The summed E-state index contributed by atoms with van der Waals surface area (Å²) in [5.74, 6) is -11.0. The molecule has 2 atom stereocenters. The smallest absolute Gasteiger partial charge is 0.238 e. The number of aliphatic hydroxyl groups is 4. The molecule has 328 valence electrons. The second-order valence-corrected chi connectivity index (χ2v) is 19.0. The van der Waals surface area contributed by atoms with Crippen molar-refractivity contribution < 1.29 is 76.8 Å². The number of rotatable bonds is 16. The highest BCUT2D eigenvalue weighted by atomic mass is 32.2. The zero-order valence-electron chi connectivity index (χ0n) is 31.5. The molecule has 10 nitrogen and oxygen atoms in total. The minimum Gasteiger partial charge on any atom is -0.394 e. The van der Waals surface area contributed by atoms with Crippen LogP contribution in [0.1, 0.15) is 66.3 Å². The average Bonchev–Trinajstić information content (AvgIpc) is 4.12. The van der Waals surface area contributed by atoms with Crippen LogP contribution in [0.4, 0.5) is 50.9 Å². The van der Waals surface area contributed by atoms with Crippen LogP contribution in [0.3, 0.4) is 0 Å². The lowest BCUT2D eigenvalue weighted by molar-refractivity contribution is 0.0858. The third-order valence-electron chi connectivity index (χ3n) is 10.4. The zero-order valence-corrected chi connectivity index (χ0v) is 33.1. The van der Waals surface area contributed by atoms with E-state index in [-0.39, 0.29) is 67.0 Å². The summed E-state index contributed by atoms with van der Waals surface area (Å²) >= 11 is 0. The maximum Gasteiger partial charge on any atom is 0.238 e. The molecule has 4 aromatic rings. The van der Waals surface area contributed by atoms with Crippen LogP contribution in [0, 0.1) is 59.3 Å². The molecular weight excluding hydrogens is 860 g/mol. The van der Waals surface area contributed by atoms with Gasteiger partial charge in [0.25, 0.3) is 0 Å². The summed E-state index contributed by atoms with van der Waals surface area (Å²) in [6, 6.07) is 5.92. The highest BCUT2D eigenvalue weighted by Crippen LogP contribution is 2.49. The molecule has 2 saturated carbocycles. The van der Waals surface area contributed by atoms with Gasteiger partial charge in [0.15, 0.2) is 29.1 Å². The van der Waals surface area contributed by atoms with Gasteiger partial charge in [0.05, 0.1) is 46.3 Å². The van der Waals surface area contributed by atoms with Crippen LogP contribution in [0.2, 0.25) is 0 Å². The summed E-state index contributed by atoms with van der Waals surface area (Å²) < 4.78 is 178. The number of halogens is 9. The summed E-state index contributed by atoms with van der Waals surface area (Å²) in [4.78, 5) is 0. The number of aliphatic hydroxyl groups excluding tert-OH is 4. The number of nitrogens with one attached hydrogen (secondary N) is 2. The van der Waals surface area contributed by atoms with Crippen molar-refractivity contribution in [2.24, 2.45) is 0 Å². The number of hydrogen-bond acceptors (Lipinski definition) is 8. The lowest BCUT2D eigenvalue weighted by atomic mass is 9.99. The Morgan fingerprint density at radius 1 is 0.567 bits per heavy atom. The van der Waals surface area contributed by atoms with Crippen molar-refractivity contribution in [3.8, 4) is 0 Å². The zero-order chi connectivity index (χ0) is 44.5. The summed E-state index contributed by atoms with van der Waals surface area (Å²) in [6.45, 7) is 0.0650. The molecule has 0 heterocycles. The van der Waals surface area contributed by atoms with Crippen LogP contribution in [0.5, 0.6) is 0 Å². The van der Waals surface area contributed by atoms with Gasteiger partial charge in [0.1, 0.15) is 23.3 Å². The molecule has 2 aliphatic carbocycles. The minimum atomic E-state index is -4.39. The SMILES string of the molecule is Cc1cc(F)c(F)c(Cc2ccc(F)cc2F)c1NS(=O)(=O)C1(CC(O)CO)CC1.O=S(=O)(Nc1c(F)cc(F)c(F)c1Cc1ccc(F)cc1F)C1(CC(O)CO)CC1. The molecule has 0 aromatic heterocycles. The molecule has 2 unspecified atom stereocenters. The van der Waals surface area contributed by atoms with Gasteiger partial charge in [0, 0.05) is 42.2 Å². The molecular formula is C39H39F9N2O8S2. The molecule has 0 aliphatic heterocycles. The van der Waals surface area contributed by atoms with E-state index in [9.17, 15) is 66.6 Å². The van der Waals surface area contributed by atoms with Gasteiger partial charge < -0.3 is 20.4 Å². The van der Waals surface area contributed by atoms with E-state index in [0.717, 1.165) is 30.3 Å². The Labute approximate surface area is 338 Å². The van der Waals surface area contributed by atoms with Crippen LogP contribution < -0.4 is 9.44 Å². The van der Waals surface area contributed by atoms with Gasteiger partial charge in [-0.1, -0.05) is 12.1 Å². The standard InChI is InChI=1S/C20H21F4NO4S.C19H18F5NO4S/c1-11-6-17(23)18(24)15(7-12-2-3-13(21)8-16(12)22)19(11)25-30(28,29)20(4-5-20)9-14(27)10-26;20-11-2-1-10(14(21)6-11)5-13-17(24)15(22)7-16(23)18(13)25-30(28,29)19(3-4-19)8-12(27)9-26/h2-3,6,8,14,25-27H,4-5,7,9-10H2,1H3;1-2,6-7,12,25-27H,3-5,8-9H2. The molecule has 21 heteroatoms. The maximum absolute atomic E-state index is 14.6. The Kier molecular flexibility index (Phi) is 13.9. The van der Waals surface area contributed by atoms with E-state index in [1.165, 1.54) is 6.92 Å². The lowest BCUT2D eigenvalue weighted by Gasteiger charge is -2.23. The summed E-state index contributed by atoms with van der Waals surface area (Å²) in [5.41, 5.74) is -2.71. The van der Waals surface area contributed by atoms with E-state index in [2.05, 4.69) is 4.72 Å². The van der Waals surface area contributed by atoms with Crippen molar-refractivity contribution in [2.75, 3.05) is 22.7 Å². The van der Waals surface area contributed by atoms with E-state index < -0.39 is 137 Å². The van der Waals surface area contributed by atoms with Crippen LogP contribution in [0.15, 0.2) is 48.5 Å². The number of benzene rings is 4. The van der Waals surface area contributed by atoms with Crippen LogP contribution in [-0.4, -0.2) is 72.2 Å². The van der Waals surface area contributed by atoms with Gasteiger partial charge in [-0.3, -0.25) is 9.44 Å². The molecule has 0 amide bonds. The lowest BCUT2D eigenvalue weighted by Crippen LogP contribution is -2.35. The Bertz CT molecular complexity index is 2320. The van der Waals surface area contributed by atoms with Crippen molar-refractivity contribution in [1.29, 1.82) is 0 Å². The first-order valence-electron chi connectivity index (χ1n) is 18.1. The second-order valence-electron chi connectivity index (χ2n) is 14.8. The quantitative estimate of drug-likeness (QED) is 0.0574. The van der Waals surface area contributed by atoms with Gasteiger partial charge in [-0.25, -0.2) is 56.3 Å². The molecule has 2 aliphatic rings. The summed E-state index contributed by atoms with van der Waals surface area (Å²) in [6.07, 6.45) is -3.75. The number of sulfonamides is 2. The fraction of sp³-hybridized carbons (Fsp3) is 0.385. The molecule has 6 N–H and O–H groups in total. The topological polar surface area (TPSA) is 173 Å². The van der Waals surface area contributed by atoms with E-state index in [1.807, 2.05) is 4.72 Å². The van der Waals surface area contributed by atoms with Crippen molar-refractivity contribution in [2.45, 2.75) is 80.0 Å². The largest absolute Gasteiger partial charge is 0.394 e. The van der Waals surface area contributed by atoms with Gasteiger partial charge >= 0.3 is 0 Å². The summed E-state index contributed by atoms with van der Waals surface area (Å²) in [7, 11) is -8.55. The Morgan fingerprint density at radius 2 is 0.950 bits per heavy atom. The normalized spacial score (nSPS) is 16.4. The Balaban J connectivity index is 0.000000228. The molecule has 0 bridgehead atoms. The molecule has 0 saturated heterocycles. The van der Waals surface area contributed by atoms with Gasteiger partial charge in [-0.2, -0.15) is 0 Å². The van der Waals surface area contributed by atoms with E-state index >= 15 is 0 Å². The molecule has 2 fully saturated rings. The fourth-order valence-electron chi connectivity index (χ4n) is 6.67. The first kappa shape index (κ1) is 46.7. The van der Waals surface area contributed by atoms with Gasteiger partial charge in [-0.05, 0) is 80.3 Å². The molecule has 60 heavy (non-hydrogen) atoms. The van der Waals surface area contributed by atoms with Crippen LogP contribution in [-0.2, 0) is 32.9 Å². The monoisotopic (exact) mass is 898 g/mol. The molecule has 0 radical (unpaired) electrons. The average molecular weight is 899 g/mol. The molecule has 6 rings (SSSR count). The Morgan fingerprint density at radius 3 is 1.33 bits per heavy atom. The van der Waals surface area contributed by atoms with Crippen molar-refractivity contribution in [3.63, 3.8) is 0 Å². The third kappa shape index (κ3) is 10.0. The number of hydrogen-bond donors (Lipinski definition) is 6. The van der Waals surface area contributed by atoms with E-state index in [4.69, 9.17) is 10.2 Å². The third-order valence-corrected chi connectivity index (χ3v) is 14.8. The fourth-order valence-corrected chi connectivity index (χ4v) is 10.3. The van der Waals surface area contributed by atoms with Gasteiger partial charge in [-0.15, -0.1) is 0 Å². The van der Waals surface area contributed by atoms with E-state index in [0.29, 0.717) is 12.1 Å². The Hall–Kier alpha value is -4.41. The van der Waals surface area contributed by atoms with Crippen molar-refractivity contribution in [3.05, 3.63) is 129 Å². The highest BCUT2D eigenvalue weighted by Gasteiger charge is 2.56. The van der Waals surface area contributed by atoms with Gasteiger partial charge in [0.2, 0.25) is 20.0 Å². The summed E-state index contributed by atoms with van der Waals surface area (Å²) in [5, 5.41) is 37.3. The number of aryl methyl sites for hydroxylation is 1. The minimum absolute atomic E-state index is 0.0773. The first-order chi connectivity index (χ1) is 28.0. The van der Waals surface area contributed by atoms with Crippen molar-refractivity contribution in [1.82, 2.24) is 0 Å². The predicted octanol–water partition coefficient (Wildman–Crippen LogP) is 6.15. The number of anilines is 2. The molecule has 4 aromatic carbocycles. The maximum atomic E-state index is 14.6. The predicted molar refractivity (Wildman–Crippen MR) is 200 cm³/mol. The van der Waals surface area contributed by atoms with Crippen LogP contribution >= 0.6 is 0 Å². The second kappa shape index (κ2) is 17.9.